The highest BCUT2D eigenvalue weighted by Crippen LogP contribution is 2.40. The number of benzene rings is 3. The van der Waals surface area contributed by atoms with Gasteiger partial charge in [0.15, 0.2) is 23.2 Å². The summed E-state index contributed by atoms with van der Waals surface area (Å²) in [6.07, 6.45) is 1.93. The average molecular weight is 934 g/mol. The first-order chi connectivity index (χ1) is 31.4. The van der Waals surface area contributed by atoms with Crippen LogP contribution in [0.15, 0.2) is 60.7 Å². The van der Waals surface area contributed by atoms with Crippen molar-refractivity contribution in [2.24, 2.45) is 23.3 Å². The standard InChI is InChI=1S/C52H65N7O7.H2S/c1-31-26-45(63)48(59(7)51(65)37(21-24-55)30-44(62)47-32(2)56-49(57-33(47)3)35-14-17-38(18-15-35)52(4,5)6)36-16-20-46(66-25-10-8-9-22-53)40(29-36)39-27-34(13-19-42(39)60)28-41(58-50(31)64)43(61)12-11-23-54;/h13-20,27,29,31,37,41,48,60H,8-12,21-22,24-26,28,30,53,55H2,1-7H3,(H,58,64);1H2/t31-,37-,41+,48+;/m1./s1. The van der Waals surface area contributed by atoms with Gasteiger partial charge in [-0.25, -0.2) is 9.97 Å². The monoisotopic (exact) mass is 933 g/mol. The van der Waals surface area contributed by atoms with Gasteiger partial charge in [-0.2, -0.15) is 18.8 Å². The van der Waals surface area contributed by atoms with Crippen LogP contribution in [0.4, 0.5) is 0 Å². The summed E-state index contributed by atoms with van der Waals surface area (Å²) in [7, 11) is 1.50. The third-order valence-electron chi connectivity index (χ3n) is 12.3. The van der Waals surface area contributed by atoms with Gasteiger partial charge in [0.25, 0.3) is 0 Å². The molecule has 1 aromatic heterocycles. The van der Waals surface area contributed by atoms with E-state index in [4.69, 9.17) is 26.2 Å². The summed E-state index contributed by atoms with van der Waals surface area (Å²) in [6, 6.07) is 17.7. The van der Waals surface area contributed by atoms with Gasteiger partial charge in [0.2, 0.25) is 11.8 Å². The number of nitrogens with zero attached hydrogens (tertiary/aromatic N) is 4. The Morgan fingerprint density at radius 2 is 1.63 bits per heavy atom. The lowest BCUT2D eigenvalue weighted by Gasteiger charge is -2.32. The number of nitrogens with two attached hydrogens (primary N) is 2. The Morgan fingerprint density at radius 3 is 2.25 bits per heavy atom. The number of phenolic OH excluding ortho intramolecular Hbond substituents is 1. The van der Waals surface area contributed by atoms with Gasteiger partial charge in [-0.15, -0.1) is 0 Å². The first-order valence-corrected chi connectivity index (χ1v) is 22.9. The van der Waals surface area contributed by atoms with Crippen LogP contribution in [0.2, 0.25) is 0 Å². The molecule has 6 N–H and O–H groups in total. The number of aromatic hydroxyl groups is 1. The Balaban J connectivity index is 0.00000980. The second-order valence-electron chi connectivity index (χ2n) is 18.4. The van der Waals surface area contributed by atoms with Crippen molar-refractivity contribution in [3.05, 3.63) is 94.3 Å². The Labute approximate surface area is 401 Å². The van der Waals surface area contributed by atoms with Crippen LogP contribution in [-0.4, -0.2) is 81.9 Å². The largest absolute Gasteiger partial charge is 0.507 e. The SMILES string of the molecule is Cc1nc(-c2ccc(C(C)(C)C)cc2)nc(C)c1C(=O)C[C@@H](CCN)C(=O)N(C)[C@@H]1C(=O)C[C@@H](C)C(=O)N[C@H](C(=O)CCC#N)Cc2ccc(O)c(c2)-c2cc1ccc2OCCCCCN.S. The van der Waals surface area contributed by atoms with E-state index >= 15 is 0 Å². The molecule has 4 bridgehead atoms. The summed E-state index contributed by atoms with van der Waals surface area (Å²) in [5, 5.41) is 23.4. The molecule has 67 heavy (non-hydrogen) atoms. The number of carbonyl (C=O) groups is 5. The minimum absolute atomic E-state index is 0. The molecule has 0 spiro atoms. The van der Waals surface area contributed by atoms with Gasteiger partial charge in [0.1, 0.15) is 17.5 Å². The molecule has 4 atom stereocenters. The summed E-state index contributed by atoms with van der Waals surface area (Å²) in [5.74, 6) is -3.28. The van der Waals surface area contributed by atoms with E-state index in [1.54, 1.807) is 51.1 Å². The van der Waals surface area contributed by atoms with Gasteiger partial charge in [0.05, 0.1) is 35.7 Å². The number of ketones is 3. The third kappa shape index (κ3) is 13.6. The zero-order chi connectivity index (χ0) is 48.3. The zero-order valence-electron chi connectivity index (χ0n) is 39.9. The van der Waals surface area contributed by atoms with E-state index in [1.807, 2.05) is 30.3 Å². The first-order valence-electron chi connectivity index (χ1n) is 22.9. The number of Topliss-reactive ketones (excluding diaryl/α,β-unsaturated/α-hetero) is 3. The molecular formula is C52H67N7O7S. The molecule has 1 aliphatic rings. The van der Waals surface area contributed by atoms with Gasteiger partial charge in [0, 0.05) is 61.3 Å². The molecule has 0 fully saturated rings. The number of aromatic nitrogens is 2. The number of fused-ring (bicyclic) bond motifs is 5. The molecule has 0 unspecified atom stereocenters. The summed E-state index contributed by atoms with van der Waals surface area (Å²) in [6.45, 7) is 12.5. The smallest absolute Gasteiger partial charge is 0.226 e. The highest BCUT2D eigenvalue weighted by molar-refractivity contribution is 7.59. The van der Waals surface area contributed by atoms with E-state index < -0.39 is 41.5 Å². The summed E-state index contributed by atoms with van der Waals surface area (Å²) in [5.41, 5.74) is 16.8. The molecule has 2 amide bonds. The lowest BCUT2D eigenvalue weighted by molar-refractivity contribution is -0.142. The first kappa shape index (κ1) is 53.7. The number of aryl methyl sites for hydroxylation is 2. The minimum Gasteiger partial charge on any atom is -0.507 e. The van der Waals surface area contributed by atoms with Crippen molar-refractivity contribution in [1.82, 2.24) is 20.2 Å². The number of hydrogen-bond donors (Lipinski definition) is 4. The van der Waals surface area contributed by atoms with Gasteiger partial charge in [-0.1, -0.05) is 64.1 Å². The van der Waals surface area contributed by atoms with Crippen LogP contribution in [0.1, 0.15) is 124 Å². The van der Waals surface area contributed by atoms with Crippen LogP contribution in [0.5, 0.6) is 11.5 Å². The van der Waals surface area contributed by atoms with Crippen LogP contribution < -0.4 is 21.5 Å². The van der Waals surface area contributed by atoms with Crippen molar-refractivity contribution < 1.29 is 33.8 Å². The second-order valence-corrected chi connectivity index (χ2v) is 18.4. The zero-order valence-corrected chi connectivity index (χ0v) is 40.9. The maximum atomic E-state index is 14.8. The molecule has 14 nitrogen and oxygen atoms in total. The number of carbonyl (C=O) groups excluding carboxylic acids is 5. The molecule has 5 rings (SSSR count). The highest BCUT2D eigenvalue weighted by atomic mass is 32.1. The minimum atomic E-state index is -1.25. The molecule has 358 valence electrons. The maximum absolute atomic E-state index is 14.8. The van der Waals surface area contributed by atoms with Crippen molar-refractivity contribution in [3.63, 3.8) is 0 Å². The van der Waals surface area contributed by atoms with Crippen LogP contribution >= 0.6 is 13.5 Å². The molecule has 0 aliphatic carbocycles. The predicted molar refractivity (Wildman–Crippen MR) is 264 cm³/mol. The summed E-state index contributed by atoms with van der Waals surface area (Å²) < 4.78 is 6.29. The number of nitrogens with one attached hydrogen (secondary N) is 1. The molecule has 0 saturated carbocycles. The number of unbranched alkanes of at least 4 members (excludes halogenated alkanes) is 2. The van der Waals surface area contributed by atoms with Gasteiger partial charge < -0.3 is 31.5 Å². The molecule has 15 heteroatoms. The van der Waals surface area contributed by atoms with Gasteiger partial charge in [-0.05, 0) is 105 Å². The average Bonchev–Trinajstić information content (AvgIpc) is 3.27. The summed E-state index contributed by atoms with van der Waals surface area (Å²) in [4.78, 5) is 81.6. The van der Waals surface area contributed by atoms with Crippen LogP contribution in [0.25, 0.3) is 22.5 Å². The van der Waals surface area contributed by atoms with Crippen LogP contribution in [-0.2, 0) is 31.0 Å². The number of ether oxygens (including phenoxy) is 1. The van der Waals surface area contributed by atoms with Crippen LogP contribution in [0, 0.1) is 37.0 Å². The number of nitriles is 1. The fraction of sp³-hybridized carbons (Fsp3) is 0.462. The van der Waals surface area contributed by atoms with E-state index in [0.29, 0.717) is 63.9 Å². The quantitative estimate of drug-likeness (QED) is 0.0604. The summed E-state index contributed by atoms with van der Waals surface area (Å²) >= 11 is 0. The van der Waals surface area contributed by atoms with E-state index in [-0.39, 0.29) is 81.3 Å². The van der Waals surface area contributed by atoms with Crippen molar-refractivity contribution in [3.8, 4) is 40.1 Å². The number of hydrogen-bond acceptors (Lipinski definition) is 12. The van der Waals surface area contributed by atoms with E-state index in [9.17, 15) is 34.3 Å². The van der Waals surface area contributed by atoms with Gasteiger partial charge >= 0.3 is 0 Å². The number of amides is 2. The molecule has 0 radical (unpaired) electrons. The number of rotatable bonds is 17. The van der Waals surface area contributed by atoms with Crippen molar-refractivity contribution >= 4 is 42.7 Å². The molecule has 2 heterocycles. The normalized spacial score (nSPS) is 16.7. The topological polar surface area (TPSA) is 232 Å². The van der Waals surface area contributed by atoms with Crippen molar-refractivity contribution in [2.45, 2.75) is 117 Å². The van der Waals surface area contributed by atoms with Gasteiger partial charge in [-0.3, -0.25) is 24.0 Å². The number of phenols is 1. The lowest BCUT2D eigenvalue weighted by Crippen LogP contribution is -2.46. The lowest BCUT2D eigenvalue weighted by atomic mass is 9.86. The Kier molecular flexibility index (Phi) is 19.4. The van der Waals surface area contributed by atoms with E-state index in [1.165, 1.54) is 18.0 Å². The molecular weight excluding hydrogens is 867 g/mol. The Hall–Kier alpha value is -5.95. The maximum Gasteiger partial charge on any atom is 0.226 e. The highest BCUT2D eigenvalue weighted by Gasteiger charge is 2.36. The van der Waals surface area contributed by atoms with Crippen molar-refractivity contribution in [1.29, 1.82) is 5.26 Å². The molecule has 4 aromatic rings. The Morgan fingerprint density at radius 1 is 0.940 bits per heavy atom. The fourth-order valence-corrected chi connectivity index (χ4v) is 8.49. The molecule has 0 saturated heterocycles. The van der Waals surface area contributed by atoms with E-state index in [0.717, 1.165) is 30.4 Å². The number of likely N-dealkylation sites (N-methyl/N-ethyl adjacent to an activating group) is 1. The molecule has 3 aromatic carbocycles. The second kappa shape index (κ2) is 24.2. The van der Waals surface area contributed by atoms with Crippen LogP contribution in [0.3, 0.4) is 0 Å². The third-order valence-corrected chi connectivity index (χ3v) is 12.3. The van der Waals surface area contributed by atoms with Crippen molar-refractivity contribution in [2.75, 3.05) is 26.7 Å². The molecule has 1 aliphatic heterocycles. The van der Waals surface area contributed by atoms with E-state index in [2.05, 4.69) is 26.1 Å². The predicted octanol–water partition coefficient (Wildman–Crippen LogP) is 7.30. The fourth-order valence-electron chi connectivity index (χ4n) is 8.49. The Bertz CT molecular complexity index is 2440.